The van der Waals surface area contributed by atoms with E-state index in [2.05, 4.69) is 11.9 Å². The van der Waals surface area contributed by atoms with Gasteiger partial charge in [-0.2, -0.15) is 0 Å². The van der Waals surface area contributed by atoms with Gasteiger partial charge in [-0.3, -0.25) is 4.79 Å². The summed E-state index contributed by atoms with van der Waals surface area (Å²) >= 11 is 0. The van der Waals surface area contributed by atoms with E-state index in [1.165, 1.54) is 6.08 Å². The Morgan fingerprint density at radius 2 is 2.27 bits per heavy atom. The molecule has 0 saturated carbocycles. The Labute approximate surface area is 67.3 Å². The van der Waals surface area contributed by atoms with Crippen LogP contribution in [0, 0.1) is 0 Å². The molecule has 0 bridgehead atoms. The molecule has 0 aromatic carbocycles. The number of carbonyl (C=O) groups excluding carboxylic acids is 1. The first-order valence-electron chi connectivity index (χ1n) is 3.49. The normalized spacial score (nSPS) is 10.6. The lowest BCUT2D eigenvalue weighted by atomic mass is 10.4. The molecule has 0 aliphatic carbocycles. The topological polar surface area (TPSA) is 29.1 Å². The summed E-state index contributed by atoms with van der Waals surface area (Å²) in [6.45, 7) is 5.88. The van der Waals surface area contributed by atoms with Gasteiger partial charge >= 0.3 is 0 Å². The number of hydrogen-bond acceptors (Lipinski definition) is 1. The van der Waals surface area contributed by atoms with Crippen LogP contribution in [0.3, 0.4) is 0 Å². The van der Waals surface area contributed by atoms with Gasteiger partial charge in [-0.1, -0.05) is 24.3 Å². The van der Waals surface area contributed by atoms with Gasteiger partial charge in [0.25, 0.3) is 0 Å². The molecule has 0 aliphatic rings. The van der Waals surface area contributed by atoms with Gasteiger partial charge < -0.3 is 5.32 Å². The molecule has 0 heterocycles. The van der Waals surface area contributed by atoms with Crippen LogP contribution in [-0.2, 0) is 4.79 Å². The van der Waals surface area contributed by atoms with Crippen molar-refractivity contribution in [3.05, 3.63) is 37.0 Å². The fraction of sp³-hybridized carbons (Fsp3) is 0.222. The molecule has 1 amide bonds. The van der Waals surface area contributed by atoms with Crippen molar-refractivity contribution >= 4 is 5.91 Å². The maximum atomic E-state index is 10.8. The zero-order valence-corrected chi connectivity index (χ0v) is 6.71. The van der Waals surface area contributed by atoms with Crippen LogP contribution in [0.2, 0.25) is 0 Å². The fourth-order valence-corrected chi connectivity index (χ4v) is 0.486. The summed E-state index contributed by atoms with van der Waals surface area (Å²) in [6.07, 6.45) is 8.47. The van der Waals surface area contributed by atoms with E-state index in [0.29, 0.717) is 6.54 Å². The predicted molar refractivity (Wildman–Crippen MR) is 47.2 cm³/mol. The van der Waals surface area contributed by atoms with E-state index < -0.39 is 0 Å². The molecule has 0 aromatic heterocycles. The molecular weight excluding hydrogens is 138 g/mol. The molecule has 0 spiro atoms. The first kappa shape index (κ1) is 9.69. The van der Waals surface area contributed by atoms with Crippen molar-refractivity contribution in [1.82, 2.24) is 5.32 Å². The van der Waals surface area contributed by atoms with Gasteiger partial charge in [0.05, 0.1) is 0 Å². The number of hydrogen-bond donors (Lipinski definition) is 1. The molecule has 0 rings (SSSR count). The Morgan fingerprint density at radius 3 is 2.82 bits per heavy atom. The van der Waals surface area contributed by atoms with E-state index in [1.54, 1.807) is 18.2 Å². The zero-order valence-electron chi connectivity index (χ0n) is 6.71. The van der Waals surface area contributed by atoms with Crippen molar-refractivity contribution in [3.8, 4) is 0 Å². The third-order valence-electron chi connectivity index (χ3n) is 0.972. The molecule has 11 heavy (non-hydrogen) atoms. The second kappa shape index (κ2) is 6.81. The zero-order chi connectivity index (χ0) is 8.53. The van der Waals surface area contributed by atoms with Gasteiger partial charge in [0, 0.05) is 12.6 Å². The molecule has 1 N–H and O–H groups in total. The number of carbonyl (C=O) groups is 1. The lowest BCUT2D eigenvalue weighted by molar-refractivity contribution is -0.116. The first-order chi connectivity index (χ1) is 5.31. The van der Waals surface area contributed by atoms with Crippen molar-refractivity contribution in [2.45, 2.75) is 6.92 Å². The van der Waals surface area contributed by atoms with Gasteiger partial charge in [0.1, 0.15) is 0 Å². The van der Waals surface area contributed by atoms with Crippen LogP contribution in [0.15, 0.2) is 37.0 Å². The highest BCUT2D eigenvalue weighted by atomic mass is 16.1. The Hall–Kier alpha value is -1.31. The molecule has 0 fully saturated rings. The Balaban J connectivity index is 3.59. The van der Waals surface area contributed by atoms with Crippen LogP contribution < -0.4 is 5.32 Å². The van der Waals surface area contributed by atoms with E-state index in [0.717, 1.165) is 0 Å². The van der Waals surface area contributed by atoms with Crippen molar-refractivity contribution in [1.29, 1.82) is 0 Å². The minimum absolute atomic E-state index is 0.0944. The fourth-order valence-electron chi connectivity index (χ4n) is 0.486. The van der Waals surface area contributed by atoms with Gasteiger partial charge in [-0.25, -0.2) is 0 Å². The molecule has 0 saturated heterocycles. The summed E-state index contributed by atoms with van der Waals surface area (Å²) in [5.74, 6) is -0.0944. The summed E-state index contributed by atoms with van der Waals surface area (Å²) in [6, 6.07) is 0. The third-order valence-corrected chi connectivity index (χ3v) is 0.972. The van der Waals surface area contributed by atoms with E-state index >= 15 is 0 Å². The van der Waals surface area contributed by atoms with Gasteiger partial charge in [0.2, 0.25) is 5.91 Å². The molecule has 0 atom stereocenters. The number of allylic oxidation sites excluding steroid dienone is 3. The Morgan fingerprint density at radius 1 is 1.55 bits per heavy atom. The third kappa shape index (κ3) is 6.58. The maximum Gasteiger partial charge on any atom is 0.244 e. The quantitative estimate of drug-likeness (QED) is 0.367. The Bertz CT molecular complexity index is 180. The van der Waals surface area contributed by atoms with Gasteiger partial charge in [0.15, 0.2) is 0 Å². The van der Waals surface area contributed by atoms with Crippen LogP contribution in [0.4, 0.5) is 0 Å². The summed E-state index contributed by atoms with van der Waals surface area (Å²) < 4.78 is 0. The SMILES string of the molecule is C=CCNC(=O)C=CC=CC. The molecule has 0 aliphatic heterocycles. The van der Waals surface area contributed by atoms with Crippen molar-refractivity contribution < 1.29 is 4.79 Å². The van der Waals surface area contributed by atoms with Crippen molar-refractivity contribution in [2.24, 2.45) is 0 Å². The smallest absolute Gasteiger partial charge is 0.244 e. The number of nitrogens with one attached hydrogen (secondary N) is 1. The van der Waals surface area contributed by atoms with E-state index in [-0.39, 0.29) is 5.91 Å². The average Bonchev–Trinajstić information content (AvgIpc) is 2.01. The molecule has 60 valence electrons. The van der Waals surface area contributed by atoms with Crippen LogP contribution in [0.25, 0.3) is 0 Å². The Kier molecular flexibility index (Phi) is 5.99. The molecule has 2 heteroatoms. The highest BCUT2D eigenvalue weighted by molar-refractivity contribution is 5.87. The molecular formula is C9H13NO. The van der Waals surface area contributed by atoms with Crippen LogP contribution in [-0.4, -0.2) is 12.5 Å². The molecule has 0 aromatic rings. The largest absolute Gasteiger partial charge is 0.349 e. The summed E-state index contributed by atoms with van der Waals surface area (Å²) in [7, 11) is 0. The molecule has 0 radical (unpaired) electrons. The minimum atomic E-state index is -0.0944. The average molecular weight is 151 g/mol. The van der Waals surface area contributed by atoms with E-state index in [1.807, 2.05) is 13.0 Å². The number of rotatable bonds is 4. The summed E-state index contributed by atoms with van der Waals surface area (Å²) in [5.41, 5.74) is 0. The maximum absolute atomic E-state index is 10.8. The predicted octanol–water partition coefficient (Wildman–Crippen LogP) is 1.42. The molecule has 0 unspecified atom stereocenters. The lowest BCUT2D eigenvalue weighted by Gasteiger charge is -1.93. The summed E-state index contributed by atoms with van der Waals surface area (Å²) in [5, 5.41) is 2.61. The lowest BCUT2D eigenvalue weighted by Crippen LogP contribution is -2.20. The first-order valence-corrected chi connectivity index (χ1v) is 3.49. The van der Waals surface area contributed by atoms with Crippen LogP contribution in [0.1, 0.15) is 6.92 Å². The number of amides is 1. The minimum Gasteiger partial charge on any atom is -0.349 e. The standard InChI is InChI=1S/C9H13NO/c1-3-5-6-7-9(11)10-8-4-2/h3-7H,2,8H2,1H3,(H,10,11). The summed E-state index contributed by atoms with van der Waals surface area (Å²) in [4.78, 5) is 10.8. The van der Waals surface area contributed by atoms with E-state index in [9.17, 15) is 4.79 Å². The second-order valence-corrected chi connectivity index (χ2v) is 1.92. The van der Waals surface area contributed by atoms with Gasteiger partial charge in [-0.15, -0.1) is 6.58 Å². The van der Waals surface area contributed by atoms with Crippen molar-refractivity contribution in [2.75, 3.05) is 6.54 Å². The monoisotopic (exact) mass is 151 g/mol. The van der Waals surface area contributed by atoms with E-state index in [4.69, 9.17) is 0 Å². The van der Waals surface area contributed by atoms with Gasteiger partial charge in [-0.05, 0) is 6.92 Å². The van der Waals surface area contributed by atoms with Crippen LogP contribution in [0.5, 0.6) is 0 Å². The molecule has 2 nitrogen and oxygen atoms in total. The van der Waals surface area contributed by atoms with Crippen LogP contribution >= 0.6 is 0 Å². The second-order valence-electron chi connectivity index (χ2n) is 1.92. The highest BCUT2D eigenvalue weighted by Crippen LogP contribution is 1.76. The highest BCUT2D eigenvalue weighted by Gasteiger charge is 1.87. The van der Waals surface area contributed by atoms with Crippen molar-refractivity contribution in [3.63, 3.8) is 0 Å².